The number of hydrogen-bond donors (Lipinski definition) is 2. The Morgan fingerprint density at radius 2 is 2.53 bits per heavy atom. The largest absolute Gasteiger partial charge is 0.366 e. The van der Waals surface area contributed by atoms with Gasteiger partial charge < -0.3 is 15.2 Å². The molecule has 1 aliphatic rings. The zero-order valence-electron chi connectivity index (χ0n) is 8.99. The standard InChI is InChI=1S/C11H17N3O/c1-14(10-4-6-12-8-10)11(15)7-9-3-2-5-13-9/h4,6,8-9,12-13H,2-3,5,7H2,1H3. The van der Waals surface area contributed by atoms with Crippen molar-refractivity contribution in [1.82, 2.24) is 10.3 Å². The molecule has 1 aromatic heterocycles. The van der Waals surface area contributed by atoms with Crippen molar-refractivity contribution in [2.24, 2.45) is 0 Å². The zero-order valence-corrected chi connectivity index (χ0v) is 8.99. The first-order valence-electron chi connectivity index (χ1n) is 5.40. The number of anilines is 1. The molecule has 0 bridgehead atoms. The van der Waals surface area contributed by atoms with Crippen LogP contribution in [0.4, 0.5) is 5.69 Å². The van der Waals surface area contributed by atoms with Gasteiger partial charge in [-0.1, -0.05) is 0 Å². The molecule has 1 aromatic rings. The quantitative estimate of drug-likeness (QED) is 0.780. The molecule has 4 nitrogen and oxygen atoms in total. The number of aromatic nitrogens is 1. The highest BCUT2D eigenvalue weighted by molar-refractivity contribution is 5.93. The number of hydrogen-bond acceptors (Lipinski definition) is 2. The zero-order chi connectivity index (χ0) is 10.7. The van der Waals surface area contributed by atoms with Crippen LogP contribution in [0.25, 0.3) is 0 Å². The molecule has 1 amide bonds. The first kappa shape index (κ1) is 10.2. The SMILES string of the molecule is CN(C(=O)CC1CCCN1)c1cc[nH]c1. The summed E-state index contributed by atoms with van der Waals surface area (Å²) in [5, 5.41) is 3.33. The topological polar surface area (TPSA) is 48.1 Å². The van der Waals surface area contributed by atoms with Gasteiger partial charge in [-0.3, -0.25) is 4.79 Å². The summed E-state index contributed by atoms with van der Waals surface area (Å²) in [5.74, 6) is 0.175. The van der Waals surface area contributed by atoms with Crippen LogP contribution in [-0.4, -0.2) is 30.5 Å². The predicted molar refractivity (Wildman–Crippen MR) is 59.8 cm³/mol. The van der Waals surface area contributed by atoms with Crippen LogP contribution in [0.2, 0.25) is 0 Å². The maximum atomic E-state index is 11.9. The van der Waals surface area contributed by atoms with Gasteiger partial charge in [0.15, 0.2) is 0 Å². The van der Waals surface area contributed by atoms with E-state index in [9.17, 15) is 4.79 Å². The van der Waals surface area contributed by atoms with E-state index in [-0.39, 0.29) is 5.91 Å². The van der Waals surface area contributed by atoms with Gasteiger partial charge in [-0.15, -0.1) is 0 Å². The van der Waals surface area contributed by atoms with Crippen LogP contribution in [0.5, 0.6) is 0 Å². The van der Waals surface area contributed by atoms with Crippen molar-refractivity contribution in [3.8, 4) is 0 Å². The molecule has 0 aliphatic carbocycles. The molecule has 1 saturated heterocycles. The third kappa shape index (κ3) is 2.39. The summed E-state index contributed by atoms with van der Waals surface area (Å²) in [7, 11) is 1.82. The summed E-state index contributed by atoms with van der Waals surface area (Å²) in [6.07, 6.45) is 6.56. The Labute approximate surface area is 89.7 Å². The fraction of sp³-hybridized carbons (Fsp3) is 0.545. The van der Waals surface area contributed by atoms with Crippen molar-refractivity contribution in [3.63, 3.8) is 0 Å². The summed E-state index contributed by atoms with van der Waals surface area (Å²) < 4.78 is 0. The van der Waals surface area contributed by atoms with Gasteiger partial charge in [0, 0.05) is 31.9 Å². The highest BCUT2D eigenvalue weighted by atomic mass is 16.2. The van der Waals surface area contributed by atoms with Crippen LogP contribution >= 0.6 is 0 Å². The van der Waals surface area contributed by atoms with Gasteiger partial charge in [-0.2, -0.15) is 0 Å². The molecular weight excluding hydrogens is 190 g/mol. The molecule has 4 heteroatoms. The molecular formula is C11H17N3O. The van der Waals surface area contributed by atoms with Crippen molar-refractivity contribution in [2.45, 2.75) is 25.3 Å². The minimum absolute atomic E-state index is 0.175. The number of H-pyrrole nitrogens is 1. The Kier molecular flexibility index (Phi) is 3.06. The van der Waals surface area contributed by atoms with E-state index in [1.807, 2.05) is 25.5 Å². The molecule has 15 heavy (non-hydrogen) atoms. The lowest BCUT2D eigenvalue weighted by molar-refractivity contribution is -0.118. The Bertz CT molecular complexity index is 315. The van der Waals surface area contributed by atoms with Gasteiger partial charge in [0.05, 0.1) is 5.69 Å². The molecule has 0 saturated carbocycles. The first-order chi connectivity index (χ1) is 7.27. The molecule has 1 fully saturated rings. The third-order valence-electron chi connectivity index (χ3n) is 2.93. The maximum absolute atomic E-state index is 11.9. The van der Waals surface area contributed by atoms with Crippen LogP contribution in [0.3, 0.4) is 0 Å². The molecule has 2 rings (SSSR count). The average molecular weight is 207 g/mol. The van der Waals surface area contributed by atoms with Crippen LogP contribution in [-0.2, 0) is 4.79 Å². The van der Waals surface area contributed by atoms with Crippen molar-refractivity contribution < 1.29 is 4.79 Å². The molecule has 1 aliphatic heterocycles. The molecule has 1 atom stereocenters. The first-order valence-corrected chi connectivity index (χ1v) is 5.40. The lowest BCUT2D eigenvalue weighted by atomic mass is 10.1. The number of amides is 1. The number of carbonyl (C=O) groups is 1. The van der Waals surface area contributed by atoms with E-state index < -0.39 is 0 Å². The highest BCUT2D eigenvalue weighted by Crippen LogP contribution is 2.15. The van der Waals surface area contributed by atoms with E-state index >= 15 is 0 Å². The Morgan fingerprint density at radius 3 is 3.13 bits per heavy atom. The van der Waals surface area contributed by atoms with E-state index in [1.54, 1.807) is 4.90 Å². The molecule has 0 radical (unpaired) electrons. The fourth-order valence-electron chi connectivity index (χ4n) is 1.95. The van der Waals surface area contributed by atoms with Crippen LogP contribution in [0.15, 0.2) is 18.5 Å². The summed E-state index contributed by atoms with van der Waals surface area (Å²) in [4.78, 5) is 16.5. The minimum atomic E-state index is 0.175. The molecule has 2 N–H and O–H groups in total. The van der Waals surface area contributed by atoms with Gasteiger partial charge in [0.2, 0.25) is 5.91 Å². The fourth-order valence-corrected chi connectivity index (χ4v) is 1.95. The number of nitrogens with one attached hydrogen (secondary N) is 2. The monoisotopic (exact) mass is 207 g/mol. The predicted octanol–water partition coefficient (Wildman–Crippen LogP) is 1.12. The van der Waals surface area contributed by atoms with Crippen LogP contribution < -0.4 is 10.2 Å². The number of aromatic amines is 1. The van der Waals surface area contributed by atoms with Gasteiger partial charge >= 0.3 is 0 Å². The van der Waals surface area contributed by atoms with Gasteiger partial charge in [0.1, 0.15) is 0 Å². The van der Waals surface area contributed by atoms with E-state index in [4.69, 9.17) is 0 Å². The van der Waals surface area contributed by atoms with Gasteiger partial charge in [0.25, 0.3) is 0 Å². The number of carbonyl (C=O) groups excluding carboxylic acids is 1. The third-order valence-corrected chi connectivity index (χ3v) is 2.93. The van der Waals surface area contributed by atoms with Gasteiger partial charge in [-0.25, -0.2) is 0 Å². The summed E-state index contributed by atoms with van der Waals surface area (Å²) in [6, 6.07) is 2.28. The second-order valence-corrected chi connectivity index (χ2v) is 4.02. The van der Waals surface area contributed by atoms with E-state index in [2.05, 4.69) is 10.3 Å². The second kappa shape index (κ2) is 4.49. The lowest BCUT2D eigenvalue weighted by Gasteiger charge is -2.17. The number of nitrogens with zero attached hydrogens (tertiary/aromatic N) is 1. The molecule has 82 valence electrons. The minimum Gasteiger partial charge on any atom is -0.366 e. The summed E-state index contributed by atoms with van der Waals surface area (Å²) in [5.41, 5.74) is 0.929. The summed E-state index contributed by atoms with van der Waals surface area (Å²) >= 11 is 0. The van der Waals surface area contributed by atoms with Crippen LogP contribution in [0, 0.1) is 0 Å². The van der Waals surface area contributed by atoms with Crippen LogP contribution in [0.1, 0.15) is 19.3 Å². The molecule has 0 aromatic carbocycles. The van der Waals surface area contributed by atoms with Gasteiger partial charge in [-0.05, 0) is 25.5 Å². The second-order valence-electron chi connectivity index (χ2n) is 4.02. The number of rotatable bonds is 3. The smallest absolute Gasteiger partial charge is 0.228 e. The van der Waals surface area contributed by atoms with E-state index in [1.165, 1.54) is 6.42 Å². The van der Waals surface area contributed by atoms with E-state index in [0.717, 1.165) is 18.7 Å². The van der Waals surface area contributed by atoms with Crippen molar-refractivity contribution in [3.05, 3.63) is 18.5 Å². The normalized spacial score (nSPS) is 20.5. The van der Waals surface area contributed by atoms with E-state index in [0.29, 0.717) is 12.5 Å². The lowest BCUT2D eigenvalue weighted by Crippen LogP contribution is -2.33. The Balaban J connectivity index is 1.90. The maximum Gasteiger partial charge on any atom is 0.228 e. The van der Waals surface area contributed by atoms with Crippen molar-refractivity contribution >= 4 is 11.6 Å². The molecule has 2 heterocycles. The Morgan fingerprint density at radius 1 is 1.67 bits per heavy atom. The van der Waals surface area contributed by atoms with Crippen molar-refractivity contribution in [1.29, 1.82) is 0 Å². The summed E-state index contributed by atoms with van der Waals surface area (Å²) in [6.45, 7) is 1.05. The Hall–Kier alpha value is -1.29. The average Bonchev–Trinajstić information content (AvgIpc) is 2.88. The molecule has 1 unspecified atom stereocenters. The highest BCUT2D eigenvalue weighted by Gasteiger charge is 2.20. The molecule has 0 spiro atoms. The van der Waals surface area contributed by atoms with Crippen molar-refractivity contribution in [2.75, 3.05) is 18.5 Å².